The predicted molar refractivity (Wildman–Crippen MR) is 159 cm³/mol. The van der Waals surface area contributed by atoms with Crippen LogP contribution in [-0.2, 0) is 42.6 Å². The molecule has 0 aliphatic carbocycles. The highest BCUT2D eigenvalue weighted by Gasteiger charge is 2.50. The lowest BCUT2D eigenvalue weighted by molar-refractivity contribution is -0.192. The molecule has 10 heteroatoms. The van der Waals surface area contributed by atoms with Crippen molar-refractivity contribution in [3.8, 4) is 11.8 Å². The number of ether oxygens (including phenoxy) is 4. The van der Waals surface area contributed by atoms with Gasteiger partial charge < -0.3 is 23.4 Å². The quantitative estimate of drug-likeness (QED) is 0.167. The molecule has 226 valence electrons. The van der Waals surface area contributed by atoms with Crippen molar-refractivity contribution in [2.24, 2.45) is 0 Å². The third-order valence-corrected chi connectivity index (χ3v) is 11.3. The number of benzene rings is 2. The van der Waals surface area contributed by atoms with Gasteiger partial charge in [0.05, 0.1) is 6.61 Å². The number of carbonyl (C=O) groups excluding carboxylic acids is 4. The van der Waals surface area contributed by atoms with Crippen molar-refractivity contribution in [3.05, 3.63) is 60.7 Å². The molecular formula is C32H40O9Si. The molecule has 0 spiro atoms. The molecule has 42 heavy (non-hydrogen) atoms. The van der Waals surface area contributed by atoms with E-state index in [4.69, 9.17) is 23.4 Å². The fourth-order valence-corrected chi connectivity index (χ4v) is 9.29. The molecule has 2 aromatic rings. The highest BCUT2D eigenvalue weighted by molar-refractivity contribution is 6.99. The highest BCUT2D eigenvalue weighted by atomic mass is 28.4. The van der Waals surface area contributed by atoms with Gasteiger partial charge in [-0.1, -0.05) is 93.3 Å². The summed E-state index contributed by atoms with van der Waals surface area (Å²) in [5.41, 5.74) is 0. The summed E-state index contributed by atoms with van der Waals surface area (Å²) in [7, 11) is -2.91. The Kier molecular flexibility index (Phi) is 12.5. The summed E-state index contributed by atoms with van der Waals surface area (Å²) >= 11 is 0. The Balaban J connectivity index is 2.56. The lowest BCUT2D eigenvalue weighted by Gasteiger charge is -2.42. The highest BCUT2D eigenvalue weighted by Crippen LogP contribution is 2.36. The van der Waals surface area contributed by atoms with Gasteiger partial charge >= 0.3 is 23.9 Å². The van der Waals surface area contributed by atoms with Crippen LogP contribution >= 0.6 is 0 Å². The molecule has 0 saturated heterocycles. The van der Waals surface area contributed by atoms with Gasteiger partial charge in [0.2, 0.25) is 6.10 Å². The molecule has 0 N–H and O–H groups in total. The van der Waals surface area contributed by atoms with Crippen molar-refractivity contribution >= 4 is 42.6 Å². The van der Waals surface area contributed by atoms with Crippen molar-refractivity contribution in [1.29, 1.82) is 0 Å². The Morgan fingerprint density at radius 1 is 0.690 bits per heavy atom. The fraction of sp³-hybridized carbons (Fsp3) is 0.438. The second-order valence-electron chi connectivity index (χ2n) is 10.8. The Morgan fingerprint density at radius 3 is 1.52 bits per heavy atom. The van der Waals surface area contributed by atoms with Crippen LogP contribution in [0.5, 0.6) is 0 Å². The summed E-state index contributed by atoms with van der Waals surface area (Å²) in [5.74, 6) is 2.97. The molecular weight excluding hydrogens is 556 g/mol. The first-order valence-electron chi connectivity index (χ1n) is 13.6. The molecule has 0 saturated carbocycles. The molecule has 0 aromatic heterocycles. The van der Waals surface area contributed by atoms with Crippen LogP contribution in [0.25, 0.3) is 0 Å². The summed E-state index contributed by atoms with van der Waals surface area (Å²) in [5, 5.41) is 1.82. The van der Waals surface area contributed by atoms with Crippen molar-refractivity contribution in [2.75, 3.05) is 6.61 Å². The Labute approximate surface area is 249 Å². The largest absolute Gasteiger partial charge is 0.459 e. The predicted octanol–water partition coefficient (Wildman–Crippen LogP) is 3.31. The number of hydrogen-bond acceptors (Lipinski definition) is 9. The monoisotopic (exact) mass is 596 g/mol. The number of carbonyl (C=O) groups is 4. The average molecular weight is 597 g/mol. The van der Waals surface area contributed by atoms with Gasteiger partial charge in [-0.15, -0.1) is 0 Å². The van der Waals surface area contributed by atoms with Crippen LogP contribution in [0.3, 0.4) is 0 Å². The summed E-state index contributed by atoms with van der Waals surface area (Å²) in [6.07, 6.45) is -5.13. The van der Waals surface area contributed by atoms with Crippen LogP contribution in [0.4, 0.5) is 0 Å². The minimum Gasteiger partial charge on any atom is -0.459 e. The summed E-state index contributed by atoms with van der Waals surface area (Å²) in [6, 6.07) is 20.0. The van der Waals surface area contributed by atoms with Crippen molar-refractivity contribution in [1.82, 2.24) is 0 Å². The van der Waals surface area contributed by atoms with E-state index in [1.165, 1.54) is 20.8 Å². The van der Waals surface area contributed by atoms with E-state index in [1.54, 1.807) is 0 Å². The van der Waals surface area contributed by atoms with Crippen molar-refractivity contribution in [3.63, 3.8) is 0 Å². The van der Waals surface area contributed by atoms with Gasteiger partial charge in [0.15, 0.2) is 12.2 Å². The van der Waals surface area contributed by atoms with E-state index in [2.05, 4.69) is 56.9 Å². The van der Waals surface area contributed by atoms with E-state index in [0.29, 0.717) is 0 Å². The van der Waals surface area contributed by atoms with Crippen molar-refractivity contribution < 1.29 is 42.6 Å². The minimum atomic E-state index is -2.91. The summed E-state index contributed by atoms with van der Waals surface area (Å²) in [6.45, 7) is 12.5. The maximum absolute atomic E-state index is 12.1. The minimum absolute atomic E-state index is 0.0461. The Hall–Kier alpha value is -3.94. The fourth-order valence-electron chi connectivity index (χ4n) is 4.85. The molecule has 0 fully saturated rings. The zero-order valence-corrected chi connectivity index (χ0v) is 26.5. The van der Waals surface area contributed by atoms with Crippen LogP contribution in [-0.4, -0.2) is 63.2 Å². The molecule has 0 bridgehead atoms. The van der Waals surface area contributed by atoms with Crippen molar-refractivity contribution in [2.45, 2.75) is 84.8 Å². The molecule has 2 aromatic carbocycles. The van der Waals surface area contributed by atoms with Gasteiger partial charge in [-0.25, -0.2) is 0 Å². The molecule has 0 radical (unpaired) electrons. The van der Waals surface area contributed by atoms with E-state index in [0.717, 1.165) is 24.2 Å². The van der Waals surface area contributed by atoms with E-state index in [1.807, 2.05) is 36.4 Å². The molecule has 0 heterocycles. The lowest BCUT2D eigenvalue weighted by atomic mass is 10.0. The third-order valence-electron chi connectivity index (χ3n) is 6.36. The van der Waals surface area contributed by atoms with Gasteiger partial charge in [0.25, 0.3) is 8.32 Å². The van der Waals surface area contributed by atoms with Gasteiger partial charge in [0.1, 0.15) is 6.10 Å². The van der Waals surface area contributed by atoms with Gasteiger partial charge in [-0.3, -0.25) is 19.2 Å². The van der Waals surface area contributed by atoms with E-state index >= 15 is 0 Å². The maximum atomic E-state index is 12.1. The zero-order valence-electron chi connectivity index (χ0n) is 25.5. The van der Waals surface area contributed by atoms with Gasteiger partial charge in [-0.05, 0) is 22.3 Å². The molecule has 9 nitrogen and oxygen atoms in total. The Morgan fingerprint density at radius 2 is 1.12 bits per heavy atom. The second-order valence-corrected chi connectivity index (χ2v) is 15.1. The molecule has 2 rings (SSSR count). The third kappa shape index (κ3) is 9.29. The molecule has 0 aliphatic rings. The van der Waals surface area contributed by atoms with E-state index in [9.17, 15) is 19.2 Å². The first-order valence-corrected chi connectivity index (χ1v) is 15.5. The number of hydrogen-bond donors (Lipinski definition) is 0. The zero-order chi connectivity index (χ0) is 31.5. The topological polar surface area (TPSA) is 114 Å². The van der Waals surface area contributed by atoms with Crippen LogP contribution in [0.1, 0.15) is 55.4 Å². The normalized spacial score (nSPS) is 14.2. The van der Waals surface area contributed by atoms with Gasteiger partial charge in [0, 0.05) is 27.7 Å². The standard InChI is InChI=1S/C32H40O9Si/c1-22(38-23(2)33)30(40-25(4)35)31(41-26(5)36)29(39-24(3)34)20-15-21-37-42(32(6,7)8,27-16-11-9-12-17-27)28-18-13-10-14-19-28/h9-14,16-19,22,29-31H,21H2,1-8H3/t22-,29-,30-,31-/m0/s1. The van der Waals surface area contributed by atoms with Gasteiger partial charge in [-0.2, -0.15) is 0 Å². The Bertz CT molecular complexity index is 1240. The SMILES string of the molecule is CC(=O)O[C@H]([C@@H](OC(C)=O)[C@H](C#CCO[Si](c1ccccc1)(c1ccccc1)C(C)(C)C)OC(C)=O)[C@H](C)OC(C)=O. The summed E-state index contributed by atoms with van der Waals surface area (Å²) < 4.78 is 28.3. The number of rotatable bonds is 11. The van der Waals surface area contributed by atoms with Crippen LogP contribution in [0.2, 0.25) is 5.04 Å². The molecule has 0 unspecified atom stereocenters. The average Bonchev–Trinajstić information content (AvgIpc) is 2.89. The maximum Gasteiger partial charge on any atom is 0.304 e. The lowest BCUT2D eigenvalue weighted by Crippen LogP contribution is -2.66. The first kappa shape index (κ1) is 34.3. The molecule has 0 aliphatic heterocycles. The van der Waals surface area contributed by atoms with E-state index in [-0.39, 0.29) is 11.6 Å². The first-order chi connectivity index (χ1) is 19.7. The smallest absolute Gasteiger partial charge is 0.304 e. The van der Waals surface area contributed by atoms with E-state index < -0.39 is 56.6 Å². The van der Waals surface area contributed by atoms with Crippen LogP contribution in [0, 0.1) is 11.8 Å². The molecule has 4 atom stereocenters. The number of esters is 4. The molecule has 0 amide bonds. The summed E-state index contributed by atoms with van der Waals surface area (Å²) in [4.78, 5) is 47.8. The van der Waals surface area contributed by atoms with Crippen LogP contribution in [0.15, 0.2) is 60.7 Å². The second kappa shape index (κ2) is 15.3. The van der Waals surface area contributed by atoms with Crippen LogP contribution < -0.4 is 10.4 Å².